The second kappa shape index (κ2) is 9.26. The highest BCUT2D eigenvalue weighted by atomic mass is 15.2. The molecule has 1 aromatic carbocycles. The number of benzene rings is 1. The van der Waals surface area contributed by atoms with E-state index in [-0.39, 0.29) is 0 Å². The number of unbranched alkanes of at least 4 members (excludes halogenated alkanes) is 1. The van der Waals surface area contributed by atoms with Gasteiger partial charge in [0.2, 0.25) is 5.95 Å². The van der Waals surface area contributed by atoms with Crippen molar-refractivity contribution in [2.45, 2.75) is 40.0 Å². The van der Waals surface area contributed by atoms with Gasteiger partial charge in [-0.3, -0.25) is 0 Å². The van der Waals surface area contributed by atoms with Crippen molar-refractivity contribution in [1.82, 2.24) is 9.97 Å². The van der Waals surface area contributed by atoms with Gasteiger partial charge in [-0.05, 0) is 18.8 Å². The molecule has 4 nitrogen and oxygen atoms in total. The number of rotatable bonds is 9. The highest BCUT2D eigenvalue weighted by molar-refractivity contribution is 5.64. The van der Waals surface area contributed by atoms with Gasteiger partial charge in [-0.1, -0.05) is 57.5 Å². The van der Waals surface area contributed by atoms with Crippen LogP contribution in [0.1, 0.15) is 40.0 Å². The number of hydrogen-bond acceptors (Lipinski definition) is 4. The van der Waals surface area contributed by atoms with Crippen LogP contribution in [0.3, 0.4) is 0 Å². The van der Waals surface area contributed by atoms with Crippen LogP contribution in [-0.4, -0.2) is 30.1 Å². The van der Waals surface area contributed by atoms with Crippen LogP contribution in [0.2, 0.25) is 0 Å². The minimum Gasteiger partial charge on any atom is -0.359 e. The lowest BCUT2D eigenvalue weighted by molar-refractivity contribution is 0.606. The summed E-state index contributed by atoms with van der Waals surface area (Å²) in [5, 5.41) is 3.39. The maximum atomic E-state index is 4.71. The van der Waals surface area contributed by atoms with E-state index >= 15 is 0 Å². The average molecular weight is 326 g/mol. The fraction of sp³-hybridized carbons (Fsp3) is 0.500. The van der Waals surface area contributed by atoms with Crippen LogP contribution in [0.25, 0.3) is 11.3 Å². The molecule has 0 fully saturated rings. The molecule has 0 aliphatic heterocycles. The number of nitrogens with one attached hydrogen (secondary N) is 1. The van der Waals surface area contributed by atoms with Crippen LogP contribution in [0.15, 0.2) is 36.4 Å². The zero-order valence-corrected chi connectivity index (χ0v) is 15.4. The molecule has 0 bridgehead atoms. The van der Waals surface area contributed by atoms with Gasteiger partial charge in [0.25, 0.3) is 0 Å². The summed E-state index contributed by atoms with van der Waals surface area (Å²) in [6.07, 6.45) is 3.46. The molecule has 0 spiro atoms. The Balaban J connectivity index is 2.25. The quantitative estimate of drug-likeness (QED) is 0.716. The van der Waals surface area contributed by atoms with E-state index in [9.17, 15) is 0 Å². The molecule has 0 saturated heterocycles. The molecular weight excluding hydrogens is 296 g/mol. The van der Waals surface area contributed by atoms with E-state index in [4.69, 9.17) is 9.97 Å². The predicted octanol–water partition coefficient (Wildman–Crippen LogP) is 4.84. The first-order valence-corrected chi connectivity index (χ1v) is 8.99. The molecule has 1 heterocycles. The Bertz CT molecular complexity index is 610. The van der Waals surface area contributed by atoms with Gasteiger partial charge in [0, 0.05) is 31.8 Å². The Morgan fingerprint density at radius 2 is 1.88 bits per heavy atom. The topological polar surface area (TPSA) is 41.1 Å². The smallest absolute Gasteiger partial charge is 0.225 e. The van der Waals surface area contributed by atoms with Crippen molar-refractivity contribution in [3.05, 3.63) is 36.4 Å². The van der Waals surface area contributed by atoms with Crippen molar-refractivity contribution < 1.29 is 0 Å². The van der Waals surface area contributed by atoms with E-state index in [1.807, 2.05) is 18.2 Å². The summed E-state index contributed by atoms with van der Waals surface area (Å²) in [6, 6.07) is 12.4. The second-order valence-electron chi connectivity index (χ2n) is 6.69. The third kappa shape index (κ3) is 5.52. The van der Waals surface area contributed by atoms with E-state index in [1.165, 1.54) is 6.42 Å². The van der Waals surface area contributed by atoms with Crippen molar-refractivity contribution in [3.63, 3.8) is 0 Å². The monoisotopic (exact) mass is 326 g/mol. The van der Waals surface area contributed by atoms with Gasteiger partial charge in [0.1, 0.15) is 5.82 Å². The molecular formula is C20H30N4. The summed E-state index contributed by atoms with van der Waals surface area (Å²) in [5.41, 5.74) is 2.09. The van der Waals surface area contributed by atoms with Gasteiger partial charge in [0.05, 0.1) is 5.69 Å². The van der Waals surface area contributed by atoms with Gasteiger partial charge >= 0.3 is 0 Å². The molecule has 0 amide bonds. The SMILES string of the molecule is CCCCN(C)c1cc(-c2ccccc2)nc(NCCC(C)C)n1. The molecule has 4 heteroatoms. The third-order valence-electron chi connectivity index (χ3n) is 4.03. The Morgan fingerprint density at radius 3 is 2.54 bits per heavy atom. The number of nitrogens with zero attached hydrogens (tertiary/aromatic N) is 3. The van der Waals surface area contributed by atoms with Crippen molar-refractivity contribution in [2.75, 3.05) is 30.4 Å². The molecule has 0 unspecified atom stereocenters. The Kier molecular flexibility index (Phi) is 7.04. The maximum Gasteiger partial charge on any atom is 0.225 e. The van der Waals surface area contributed by atoms with E-state index in [0.717, 1.165) is 49.0 Å². The molecule has 130 valence electrons. The lowest BCUT2D eigenvalue weighted by Gasteiger charge is -2.19. The molecule has 2 aromatic rings. The van der Waals surface area contributed by atoms with E-state index in [0.29, 0.717) is 5.92 Å². The minimum atomic E-state index is 0.668. The molecule has 0 saturated carbocycles. The van der Waals surface area contributed by atoms with Crippen LogP contribution < -0.4 is 10.2 Å². The summed E-state index contributed by atoms with van der Waals surface area (Å²) in [7, 11) is 2.10. The Hall–Kier alpha value is -2.10. The normalized spacial score (nSPS) is 10.9. The molecule has 24 heavy (non-hydrogen) atoms. The molecule has 0 aliphatic carbocycles. The van der Waals surface area contributed by atoms with E-state index in [1.54, 1.807) is 0 Å². The van der Waals surface area contributed by atoms with Crippen molar-refractivity contribution in [2.24, 2.45) is 5.92 Å². The van der Waals surface area contributed by atoms with E-state index < -0.39 is 0 Å². The van der Waals surface area contributed by atoms with Crippen LogP contribution in [0.4, 0.5) is 11.8 Å². The average Bonchev–Trinajstić information content (AvgIpc) is 2.60. The highest BCUT2D eigenvalue weighted by Gasteiger charge is 2.10. The molecule has 1 N–H and O–H groups in total. The zero-order valence-electron chi connectivity index (χ0n) is 15.4. The molecule has 2 rings (SSSR count). The summed E-state index contributed by atoms with van der Waals surface area (Å²) >= 11 is 0. The highest BCUT2D eigenvalue weighted by Crippen LogP contribution is 2.23. The number of anilines is 2. The number of hydrogen-bond donors (Lipinski definition) is 1. The summed E-state index contributed by atoms with van der Waals surface area (Å²) in [4.78, 5) is 11.6. The summed E-state index contributed by atoms with van der Waals surface area (Å²) in [5.74, 6) is 2.36. The first-order valence-electron chi connectivity index (χ1n) is 8.99. The number of aromatic nitrogens is 2. The van der Waals surface area contributed by atoms with Crippen molar-refractivity contribution in [1.29, 1.82) is 0 Å². The zero-order chi connectivity index (χ0) is 17.4. The van der Waals surface area contributed by atoms with Crippen molar-refractivity contribution >= 4 is 11.8 Å². The van der Waals surface area contributed by atoms with Gasteiger partial charge in [-0.15, -0.1) is 0 Å². The molecule has 0 radical (unpaired) electrons. The maximum absolute atomic E-state index is 4.71. The Labute approximate surface area is 146 Å². The molecule has 0 atom stereocenters. The second-order valence-corrected chi connectivity index (χ2v) is 6.69. The van der Waals surface area contributed by atoms with Gasteiger partial charge in [-0.2, -0.15) is 4.98 Å². The lowest BCUT2D eigenvalue weighted by atomic mass is 10.1. The van der Waals surface area contributed by atoms with Crippen LogP contribution in [0, 0.1) is 5.92 Å². The minimum absolute atomic E-state index is 0.668. The lowest BCUT2D eigenvalue weighted by Crippen LogP contribution is -2.20. The fourth-order valence-corrected chi connectivity index (χ4v) is 2.45. The third-order valence-corrected chi connectivity index (χ3v) is 4.03. The molecule has 1 aromatic heterocycles. The standard InChI is InChI=1S/C20H30N4/c1-5-6-14-24(4)19-15-18(17-10-8-7-9-11-17)22-20(23-19)21-13-12-16(2)3/h7-11,15-16H,5-6,12-14H2,1-4H3,(H,21,22,23). The van der Waals surface area contributed by atoms with Gasteiger partial charge < -0.3 is 10.2 Å². The largest absolute Gasteiger partial charge is 0.359 e. The van der Waals surface area contributed by atoms with Crippen molar-refractivity contribution in [3.8, 4) is 11.3 Å². The van der Waals surface area contributed by atoms with E-state index in [2.05, 4.69) is 56.2 Å². The van der Waals surface area contributed by atoms with Crippen LogP contribution in [-0.2, 0) is 0 Å². The molecule has 0 aliphatic rings. The first kappa shape index (κ1) is 18.2. The van der Waals surface area contributed by atoms with Crippen LogP contribution in [0.5, 0.6) is 0 Å². The Morgan fingerprint density at radius 1 is 1.12 bits per heavy atom. The van der Waals surface area contributed by atoms with Gasteiger partial charge in [0.15, 0.2) is 0 Å². The summed E-state index contributed by atoms with van der Waals surface area (Å²) < 4.78 is 0. The van der Waals surface area contributed by atoms with Gasteiger partial charge in [-0.25, -0.2) is 4.98 Å². The first-order chi connectivity index (χ1) is 11.6. The fourth-order valence-electron chi connectivity index (χ4n) is 2.45. The summed E-state index contributed by atoms with van der Waals surface area (Å²) in [6.45, 7) is 8.57. The van der Waals surface area contributed by atoms with Crippen LogP contribution >= 0.6 is 0 Å². The predicted molar refractivity (Wildman–Crippen MR) is 104 cm³/mol.